The van der Waals surface area contributed by atoms with Crippen molar-refractivity contribution in [2.24, 2.45) is 5.92 Å². The molecule has 2 bridgehead atoms. The summed E-state index contributed by atoms with van der Waals surface area (Å²) in [7, 11) is 0. The summed E-state index contributed by atoms with van der Waals surface area (Å²) in [6, 6.07) is 17.4. The molecule has 3 fully saturated rings. The molecule has 3 aliphatic rings. The molecule has 3 aliphatic heterocycles. The van der Waals surface area contributed by atoms with Gasteiger partial charge in [0.05, 0.1) is 18.7 Å². The summed E-state index contributed by atoms with van der Waals surface area (Å²) in [5.41, 5.74) is 1.95. The van der Waals surface area contributed by atoms with Crippen LogP contribution in [0.1, 0.15) is 28.8 Å². The molecule has 5 heteroatoms. The summed E-state index contributed by atoms with van der Waals surface area (Å²) in [6.45, 7) is 4.26. The van der Waals surface area contributed by atoms with Gasteiger partial charge in [-0.2, -0.15) is 0 Å². The molecule has 1 unspecified atom stereocenters. The van der Waals surface area contributed by atoms with Crippen molar-refractivity contribution in [2.45, 2.75) is 25.5 Å². The van der Waals surface area contributed by atoms with Crippen LogP contribution < -0.4 is 12.4 Å². The Balaban J connectivity index is 0.00000196. The van der Waals surface area contributed by atoms with Gasteiger partial charge in [-0.25, -0.2) is 4.79 Å². The monoisotopic (exact) mass is 391 g/mol. The Kier molecular flexibility index (Phi) is 5.91. The van der Waals surface area contributed by atoms with Crippen LogP contribution in [0.5, 0.6) is 0 Å². The SMILES string of the molecule is O=C(OC1C[N+]2(Cc3ccc(Cl)cc3)CCC1CC2)c1ccccc1.[Cl-]. The number of carbonyl (C=O) groups excluding carboxylic acids is 1. The second-order valence-electron chi connectivity index (χ2n) is 7.40. The Hall–Kier alpha value is -1.55. The molecule has 0 aliphatic carbocycles. The lowest BCUT2D eigenvalue weighted by atomic mass is 9.83. The Bertz CT molecular complexity index is 740. The summed E-state index contributed by atoms with van der Waals surface area (Å²) in [4.78, 5) is 12.4. The zero-order chi connectivity index (χ0) is 17.3. The lowest BCUT2D eigenvalue weighted by Gasteiger charge is -2.52. The number of nitrogens with zero attached hydrogens (tertiary/aromatic N) is 1. The van der Waals surface area contributed by atoms with Gasteiger partial charge in [-0.15, -0.1) is 0 Å². The first-order valence-electron chi connectivity index (χ1n) is 8.99. The van der Waals surface area contributed by atoms with E-state index in [0.29, 0.717) is 11.5 Å². The number of quaternary nitrogens is 1. The van der Waals surface area contributed by atoms with Crippen molar-refractivity contribution in [3.8, 4) is 0 Å². The van der Waals surface area contributed by atoms with Gasteiger partial charge in [0, 0.05) is 29.3 Å². The molecule has 3 heterocycles. The summed E-state index contributed by atoms with van der Waals surface area (Å²) < 4.78 is 6.94. The molecule has 26 heavy (non-hydrogen) atoms. The van der Waals surface area contributed by atoms with Gasteiger partial charge in [0.2, 0.25) is 0 Å². The quantitative estimate of drug-likeness (QED) is 0.580. The van der Waals surface area contributed by atoms with Crippen molar-refractivity contribution >= 4 is 17.6 Å². The van der Waals surface area contributed by atoms with Gasteiger partial charge in [-0.3, -0.25) is 0 Å². The predicted molar refractivity (Wildman–Crippen MR) is 98.4 cm³/mol. The molecule has 3 saturated heterocycles. The van der Waals surface area contributed by atoms with Gasteiger partial charge in [-0.1, -0.05) is 41.9 Å². The van der Waals surface area contributed by atoms with Crippen molar-refractivity contribution in [3.05, 3.63) is 70.7 Å². The summed E-state index contributed by atoms with van der Waals surface area (Å²) in [5.74, 6) is 0.321. The zero-order valence-electron chi connectivity index (χ0n) is 14.6. The average Bonchev–Trinajstić information content (AvgIpc) is 2.65. The average molecular weight is 392 g/mol. The summed E-state index contributed by atoms with van der Waals surface area (Å²) >= 11 is 6.01. The number of hydrogen-bond donors (Lipinski definition) is 0. The lowest BCUT2D eigenvalue weighted by Crippen LogP contribution is -3.00. The third-order valence-corrected chi connectivity index (χ3v) is 5.99. The second kappa shape index (κ2) is 7.99. The number of fused-ring (bicyclic) bond motifs is 3. The minimum atomic E-state index is -0.191. The molecule has 2 aromatic rings. The van der Waals surface area contributed by atoms with Gasteiger partial charge in [0.15, 0.2) is 6.10 Å². The first kappa shape index (κ1) is 19.2. The van der Waals surface area contributed by atoms with Crippen LogP contribution in [0.4, 0.5) is 0 Å². The number of benzene rings is 2. The molecule has 1 atom stereocenters. The molecule has 138 valence electrons. The fourth-order valence-electron chi connectivity index (χ4n) is 4.33. The molecule has 0 radical (unpaired) electrons. The van der Waals surface area contributed by atoms with Crippen LogP contribution in [0.3, 0.4) is 0 Å². The highest BCUT2D eigenvalue weighted by Gasteiger charge is 2.47. The van der Waals surface area contributed by atoms with E-state index >= 15 is 0 Å². The van der Waals surface area contributed by atoms with E-state index in [9.17, 15) is 4.79 Å². The van der Waals surface area contributed by atoms with Gasteiger partial charge >= 0.3 is 5.97 Å². The topological polar surface area (TPSA) is 26.3 Å². The van der Waals surface area contributed by atoms with E-state index in [4.69, 9.17) is 16.3 Å². The highest BCUT2D eigenvalue weighted by atomic mass is 35.5. The highest BCUT2D eigenvalue weighted by Crippen LogP contribution is 2.37. The molecule has 0 aromatic heterocycles. The number of rotatable bonds is 4. The maximum Gasteiger partial charge on any atom is 0.338 e. The van der Waals surface area contributed by atoms with Crippen LogP contribution in [0.25, 0.3) is 0 Å². The molecule has 0 saturated carbocycles. The molecule has 5 rings (SSSR count). The standard InChI is InChI=1S/C21H23ClNO2.ClH/c22-19-8-6-16(7-9-19)14-23-12-10-17(11-13-23)20(15-23)25-21(24)18-4-2-1-3-5-18;/h1-9,17,20H,10-15H2;1H/q+1;/p-1. The van der Waals surface area contributed by atoms with E-state index in [1.54, 1.807) is 0 Å². The Labute approximate surface area is 165 Å². The molecule has 3 nitrogen and oxygen atoms in total. The van der Waals surface area contributed by atoms with Crippen LogP contribution in [-0.4, -0.2) is 36.2 Å². The predicted octanol–water partition coefficient (Wildman–Crippen LogP) is 1.31. The van der Waals surface area contributed by atoms with Gasteiger partial charge in [0.25, 0.3) is 0 Å². The van der Waals surface area contributed by atoms with E-state index in [0.717, 1.165) is 35.4 Å². The van der Waals surface area contributed by atoms with E-state index in [-0.39, 0.29) is 24.5 Å². The Morgan fingerprint density at radius 1 is 1.04 bits per heavy atom. The second-order valence-corrected chi connectivity index (χ2v) is 7.84. The first-order valence-corrected chi connectivity index (χ1v) is 9.37. The maximum atomic E-state index is 12.4. The normalized spacial score (nSPS) is 26.8. The third kappa shape index (κ3) is 4.06. The Morgan fingerprint density at radius 3 is 2.35 bits per heavy atom. The summed E-state index contributed by atoms with van der Waals surface area (Å²) in [6.07, 6.45) is 2.31. The van der Waals surface area contributed by atoms with Crippen LogP contribution >= 0.6 is 11.6 Å². The molecule has 2 aromatic carbocycles. The van der Waals surface area contributed by atoms with Gasteiger partial charge < -0.3 is 21.6 Å². The lowest BCUT2D eigenvalue weighted by molar-refractivity contribution is -0.958. The number of halogens is 2. The van der Waals surface area contributed by atoms with Crippen LogP contribution in [-0.2, 0) is 11.3 Å². The molecule has 0 amide bonds. The molecular weight excluding hydrogens is 369 g/mol. The largest absolute Gasteiger partial charge is 1.00 e. The van der Waals surface area contributed by atoms with Crippen LogP contribution in [0, 0.1) is 5.92 Å². The zero-order valence-corrected chi connectivity index (χ0v) is 16.1. The van der Waals surface area contributed by atoms with Crippen molar-refractivity contribution < 1.29 is 26.4 Å². The van der Waals surface area contributed by atoms with Crippen molar-refractivity contribution in [1.29, 1.82) is 0 Å². The number of hydrogen-bond acceptors (Lipinski definition) is 2. The highest BCUT2D eigenvalue weighted by molar-refractivity contribution is 6.30. The van der Waals surface area contributed by atoms with Gasteiger partial charge in [-0.05, 0) is 24.3 Å². The van der Waals surface area contributed by atoms with Crippen molar-refractivity contribution in [1.82, 2.24) is 0 Å². The van der Waals surface area contributed by atoms with Gasteiger partial charge in [0.1, 0.15) is 13.1 Å². The minimum Gasteiger partial charge on any atom is -1.00 e. The van der Waals surface area contributed by atoms with E-state index in [1.165, 1.54) is 18.7 Å². The summed E-state index contributed by atoms with van der Waals surface area (Å²) in [5, 5.41) is 0.774. The number of ether oxygens (including phenoxy) is 1. The van der Waals surface area contributed by atoms with Crippen LogP contribution in [0.2, 0.25) is 5.02 Å². The smallest absolute Gasteiger partial charge is 0.338 e. The van der Waals surface area contributed by atoms with Crippen LogP contribution in [0.15, 0.2) is 54.6 Å². The third-order valence-electron chi connectivity index (χ3n) is 5.74. The minimum absolute atomic E-state index is 0. The first-order chi connectivity index (χ1) is 12.1. The Morgan fingerprint density at radius 2 is 1.69 bits per heavy atom. The number of carbonyl (C=O) groups is 1. The maximum absolute atomic E-state index is 12.4. The molecule has 0 spiro atoms. The number of piperidine rings is 3. The van der Waals surface area contributed by atoms with Crippen molar-refractivity contribution in [3.63, 3.8) is 0 Å². The number of esters is 1. The van der Waals surface area contributed by atoms with Crippen molar-refractivity contribution in [2.75, 3.05) is 19.6 Å². The fourth-order valence-corrected chi connectivity index (χ4v) is 4.46. The van der Waals surface area contributed by atoms with E-state index in [2.05, 4.69) is 12.1 Å². The molecule has 0 N–H and O–H groups in total. The van der Waals surface area contributed by atoms with E-state index in [1.807, 2.05) is 42.5 Å². The van der Waals surface area contributed by atoms with E-state index < -0.39 is 0 Å². The molecular formula is C21H23Cl2NO2. The fraction of sp³-hybridized carbons (Fsp3) is 0.381.